The van der Waals surface area contributed by atoms with Gasteiger partial charge in [0.1, 0.15) is 66.8 Å². The third-order valence-electron chi connectivity index (χ3n) is 8.68. The minimum absolute atomic E-state index is 0.208. The zero-order chi connectivity index (χ0) is 37.5. The topological polar surface area (TPSA) is 288 Å². The molecule has 5 rings (SSSR count). The van der Waals surface area contributed by atoms with Gasteiger partial charge in [-0.15, -0.1) is 0 Å². The first-order valence-electron chi connectivity index (χ1n) is 16.3. The maximum atomic E-state index is 12.5. The predicted octanol–water partition coefficient (Wildman–Crippen LogP) is -3.03. The SMILES string of the molecule is N#CC(OC1OC(COC2OCC(OC(=O)C=Cc3ccc(OC4OC(CO)C(O)C(O)C4O)cc3)C(O)C2O)C(O)C(O)C1O)c1ccccc1. The van der Waals surface area contributed by atoms with Crippen LogP contribution >= 0.6 is 0 Å². The summed E-state index contributed by atoms with van der Waals surface area (Å²) in [6.45, 7) is -1.52. The lowest BCUT2D eigenvalue weighted by atomic mass is 9.99. The highest BCUT2D eigenvalue weighted by molar-refractivity contribution is 5.87. The van der Waals surface area contributed by atoms with Crippen LogP contribution < -0.4 is 4.74 Å². The summed E-state index contributed by atoms with van der Waals surface area (Å²) >= 11 is 0. The van der Waals surface area contributed by atoms with Gasteiger partial charge in [-0.3, -0.25) is 0 Å². The summed E-state index contributed by atoms with van der Waals surface area (Å²) in [7, 11) is 0. The smallest absolute Gasteiger partial charge is 0.331 e. The van der Waals surface area contributed by atoms with E-state index in [0.717, 1.165) is 6.08 Å². The summed E-state index contributed by atoms with van der Waals surface area (Å²) in [5, 5.41) is 101. The van der Waals surface area contributed by atoms with Crippen LogP contribution in [0.1, 0.15) is 17.2 Å². The Hall–Kier alpha value is -3.62. The van der Waals surface area contributed by atoms with Crippen LogP contribution in [0.4, 0.5) is 0 Å². The Morgan fingerprint density at radius 2 is 1.40 bits per heavy atom. The second-order valence-corrected chi connectivity index (χ2v) is 12.3. The van der Waals surface area contributed by atoms with Crippen molar-refractivity contribution in [2.45, 2.75) is 92.1 Å². The van der Waals surface area contributed by atoms with Gasteiger partial charge in [-0.1, -0.05) is 42.5 Å². The van der Waals surface area contributed by atoms with Crippen molar-refractivity contribution in [3.8, 4) is 11.8 Å². The molecule has 3 aliphatic heterocycles. The first kappa shape index (κ1) is 39.6. The van der Waals surface area contributed by atoms with Crippen molar-refractivity contribution in [2.75, 3.05) is 19.8 Å². The van der Waals surface area contributed by atoms with Gasteiger partial charge in [0.2, 0.25) is 6.29 Å². The highest BCUT2D eigenvalue weighted by Crippen LogP contribution is 2.29. The molecule has 284 valence electrons. The van der Waals surface area contributed by atoms with Gasteiger partial charge < -0.3 is 79.1 Å². The van der Waals surface area contributed by atoms with E-state index in [1.54, 1.807) is 42.5 Å². The van der Waals surface area contributed by atoms with Crippen LogP contribution in [0, 0.1) is 11.3 Å². The lowest BCUT2D eigenvalue weighted by molar-refractivity contribution is -0.325. The number of aliphatic hydroxyl groups is 9. The van der Waals surface area contributed by atoms with Crippen molar-refractivity contribution >= 4 is 12.0 Å². The Balaban J connectivity index is 1.09. The number of carbonyl (C=O) groups is 1. The summed E-state index contributed by atoms with van der Waals surface area (Å²) < 4.78 is 38.2. The molecule has 0 radical (unpaired) electrons. The molecule has 18 nitrogen and oxygen atoms in total. The summed E-state index contributed by atoms with van der Waals surface area (Å²) in [5.41, 5.74) is 0.970. The normalized spacial score (nSPS) is 37.2. The Morgan fingerprint density at radius 1 is 0.788 bits per heavy atom. The number of carbonyl (C=O) groups excluding carboxylic acids is 1. The molecule has 0 spiro atoms. The maximum Gasteiger partial charge on any atom is 0.331 e. The molecule has 0 bridgehead atoms. The van der Waals surface area contributed by atoms with Crippen LogP contribution in [0.15, 0.2) is 60.7 Å². The number of benzene rings is 2. The summed E-state index contributed by atoms with van der Waals surface area (Å²) in [6, 6.07) is 16.3. The van der Waals surface area contributed by atoms with Crippen molar-refractivity contribution in [3.63, 3.8) is 0 Å². The number of rotatable bonds is 12. The minimum Gasteiger partial charge on any atom is -0.462 e. The molecule has 0 amide bonds. The van der Waals surface area contributed by atoms with Crippen LogP contribution in [-0.4, -0.2) is 158 Å². The standard InChI is InChI=1S/C34H41NO17/c35-12-19(17-4-2-1-3-5-17)50-34-31(45)28(42)25(39)22(52-34)15-47-32-29(43)26(40)21(14-46-32)49-23(37)11-8-16-6-9-18(10-7-16)48-33-30(44)27(41)24(38)20(13-36)51-33/h1-11,19-22,24-34,36,38-45H,13-15H2. The van der Waals surface area contributed by atoms with Crippen molar-refractivity contribution in [1.29, 1.82) is 5.26 Å². The average molecular weight is 736 g/mol. The Morgan fingerprint density at radius 3 is 2.06 bits per heavy atom. The Labute approximate surface area is 296 Å². The third kappa shape index (κ3) is 9.29. The van der Waals surface area contributed by atoms with Crippen LogP contribution in [0.3, 0.4) is 0 Å². The molecule has 3 saturated heterocycles. The summed E-state index contributed by atoms with van der Waals surface area (Å²) in [6.07, 6.45) is -20.1. The monoisotopic (exact) mass is 735 g/mol. The molecule has 15 unspecified atom stereocenters. The largest absolute Gasteiger partial charge is 0.462 e. The van der Waals surface area contributed by atoms with Crippen molar-refractivity contribution in [3.05, 3.63) is 71.8 Å². The molecule has 2 aromatic rings. The van der Waals surface area contributed by atoms with E-state index in [9.17, 15) is 56.0 Å². The van der Waals surface area contributed by atoms with E-state index in [-0.39, 0.29) is 5.75 Å². The fraction of sp³-hybridized carbons (Fsp3) is 0.529. The maximum absolute atomic E-state index is 12.5. The second kappa shape index (κ2) is 17.9. The van der Waals surface area contributed by atoms with Crippen LogP contribution in [0.25, 0.3) is 6.08 Å². The summed E-state index contributed by atoms with van der Waals surface area (Å²) in [5.74, 6) is -0.677. The lowest BCUT2D eigenvalue weighted by Gasteiger charge is -2.42. The molecule has 9 N–H and O–H groups in total. The van der Waals surface area contributed by atoms with E-state index in [2.05, 4.69) is 0 Å². The van der Waals surface area contributed by atoms with Crippen molar-refractivity contribution in [1.82, 2.24) is 0 Å². The summed E-state index contributed by atoms with van der Waals surface area (Å²) in [4.78, 5) is 12.5. The van der Waals surface area contributed by atoms with Gasteiger partial charge in [0.25, 0.3) is 0 Å². The number of nitrogens with zero attached hydrogens (tertiary/aromatic N) is 1. The first-order valence-corrected chi connectivity index (χ1v) is 16.3. The molecule has 3 heterocycles. The highest BCUT2D eigenvalue weighted by Gasteiger charge is 2.47. The van der Waals surface area contributed by atoms with E-state index < -0.39 is 118 Å². The van der Waals surface area contributed by atoms with E-state index in [0.29, 0.717) is 11.1 Å². The number of hydrogen-bond acceptors (Lipinski definition) is 18. The van der Waals surface area contributed by atoms with Gasteiger partial charge in [-0.05, 0) is 29.3 Å². The predicted molar refractivity (Wildman–Crippen MR) is 170 cm³/mol. The van der Waals surface area contributed by atoms with E-state index >= 15 is 0 Å². The van der Waals surface area contributed by atoms with E-state index in [1.807, 2.05) is 6.07 Å². The molecule has 0 aromatic heterocycles. The van der Waals surface area contributed by atoms with Gasteiger partial charge >= 0.3 is 5.97 Å². The molecule has 18 heteroatoms. The van der Waals surface area contributed by atoms with Gasteiger partial charge in [0.15, 0.2) is 24.8 Å². The molecule has 3 fully saturated rings. The number of esters is 1. The molecular weight excluding hydrogens is 694 g/mol. The number of hydrogen-bond donors (Lipinski definition) is 9. The van der Waals surface area contributed by atoms with Crippen molar-refractivity contribution in [2.24, 2.45) is 0 Å². The minimum atomic E-state index is -1.75. The molecule has 15 atom stereocenters. The van der Waals surface area contributed by atoms with Gasteiger partial charge in [-0.2, -0.15) is 5.26 Å². The molecule has 0 aliphatic carbocycles. The van der Waals surface area contributed by atoms with E-state index in [4.69, 9.17) is 33.2 Å². The van der Waals surface area contributed by atoms with Crippen LogP contribution in [-0.2, 0) is 33.2 Å². The molecular formula is C34H41NO17. The second-order valence-electron chi connectivity index (χ2n) is 12.3. The highest BCUT2D eigenvalue weighted by atomic mass is 16.7. The molecule has 2 aromatic carbocycles. The van der Waals surface area contributed by atoms with Gasteiger partial charge in [0.05, 0.1) is 25.9 Å². The third-order valence-corrected chi connectivity index (χ3v) is 8.68. The van der Waals surface area contributed by atoms with Gasteiger partial charge in [0, 0.05) is 6.08 Å². The Bertz CT molecular complexity index is 1510. The number of aliphatic hydroxyl groups excluding tert-OH is 9. The average Bonchev–Trinajstić information content (AvgIpc) is 3.16. The van der Waals surface area contributed by atoms with Crippen molar-refractivity contribution < 1.29 is 83.9 Å². The first-order chi connectivity index (χ1) is 24.9. The molecule has 3 aliphatic rings. The van der Waals surface area contributed by atoms with E-state index in [1.165, 1.54) is 18.2 Å². The number of nitriles is 1. The zero-order valence-electron chi connectivity index (χ0n) is 27.4. The fourth-order valence-electron chi connectivity index (χ4n) is 5.63. The van der Waals surface area contributed by atoms with Gasteiger partial charge in [-0.25, -0.2) is 4.79 Å². The quantitative estimate of drug-likeness (QED) is 0.0774. The zero-order valence-corrected chi connectivity index (χ0v) is 27.4. The Kier molecular flexibility index (Phi) is 13.7. The van der Waals surface area contributed by atoms with Crippen LogP contribution in [0.5, 0.6) is 5.75 Å². The molecule has 52 heavy (non-hydrogen) atoms. The number of ether oxygens (including phenoxy) is 7. The fourth-order valence-corrected chi connectivity index (χ4v) is 5.63. The molecule has 0 saturated carbocycles. The lowest BCUT2D eigenvalue weighted by Crippen LogP contribution is -2.60. The van der Waals surface area contributed by atoms with Crippen LogP contribution in [0.2, 0.25) is 0 Å².